The quantitative estimate of drug-likeness (QED) is 0.855. The first-order valence-corrected chi connectivity index (χ1v) is 9.73. The van der Waals surface area contributed by atoms with E-state index in [2.05, 4.69) is 9.88 Å². The van der Waals surface area contributed by atoms with Crippen molar-refractivity contribution in [2.75, 3.05) is 13.1 Å². The number of carbonyl (C=O) groups is 2. The first-order chi connectivity index (χ1) is 11.9. The van der Waals surface area contributed by atoms with Crippen LogP contribution in [0, 0.1) is 0 Å². The van der Waals surface area contributed by atoms with Gasteiger partial charge in [-0.2, -0.15) is 0 Å². The van der Waals surface area contributed by atoms with Gasteiger partial charge in [0.15, 0.2) is 0 Å². The molecule has 0 atom stereocenters. The Balaban J connectivity index is 1.40. The van der Waals surface area contributed by atoms with Gasteiger partial charge in [0.1, 0.15) is 5.69 Å². The van der Waals surface area contributed by atoms with Crippen molar-refractivity contribution in [3.8, 4) is 0 Å². The monoisotopic (exact) mass is 379 g/mol. The van der Waals surface area contributed by atoms with Crippen LogP contribution in [0.3, 0.4) is 0 Å². The second kappa shape index (κ2) is 5.22. The molecule has 5 rings (SSSR count). The van der Waals surface area contributed by atoms with E-state index in [4.69, 9.17) is 11.6 Å². The lowest BCUT2D eigenvalue weighted by molar-refractivity contribution is -0.124. The van der Waals surface area contributed by atoms with Crippen LogP contribution in [0.15, 0.2) is 12.1 Å². The SMILES string of the molecule is O=C(CN1CC2(CC2)n2c(cc3sc(Cl)cc32)C1=O)NC1CC(O)C1. The molecule has 1 spiro atoms. The highest BCUT2D eigenvalue weighted by Gasteiger charge is 2.52. The highest BCUT2D eigenvalue weighted by Crippen LogP contribution is 2.51. The molecular formula is C17H18ClN3O3S. The molecule has 0 radical (unpaired) electrons. The van der Waals surface area contributed by atoms with Gasteiger partial charge in [0, 0.05) is 12.6 Å². The van der Waals surface area contributed by atoms with Gasteiger partial charge >= 0.3 is 0 Å². The van der Waals surface area contributed by atoms with Gasteiger partial charge in [0.2, 0.25) is 5.91 Å². The van der Waals surface area contributed by atoms with Crippen LogP contribution in [0.1, 0.15) is 36.2 Å². The lowest BCUT2D eigenvalue weighted by atomic mass is 9.89. The molecule has 2 fully saturated rings. The number of carbonyl (C=O) groups excluding carboxylic acids is 2. The maximum absolute atomic E-state index is 12.9. The molecule has 132 valence electrons. The van der Waals surface area contributed by atoms with Crippen molar-refractivity contribution in [1.29, 1.82) is 0 Å². The lowest BCUT2D eigenvalue weighted by Gasteiger charge is -2.36. The van der Waals surface area contributed by atoms with Gasteiger partial charge in [0.05, 0.1) is 32.7 Å². The van der Waals surface area contributed by atoms with Crippen molar-refractivity contribution in [2.45, 2.75) is 43.4 Å². The summed E-state index contributed by atoms with van der Waals surface area (Å²) in [6, 6.07) is 3.87. The van der Waals surface area contributed by atoms with E-state index in [-0.39, 0.29) is 36.0 Å². The number of nitrogens with zero attached hydrogens (tertiary/aromatic N) is 2. The Bertz CT molecular complexity index is 894. The molecule has 3 aliphatic rings. The van der Waals surface area contributed by atoms with Crippen LogP contribution in [0.4, 0.5) is 0 Å². The van der Waals surface area contributed by atoms with Crippen LogP contribution in [0.2, 0.25) is 4.34 Å². The molecule has 0 bridgehead atoms. The summed E-state index contributed by atoms with van der Waals surface area (Å²) in [5, 5.41) is 12.2. The number of hydrogen-bond donors (Lipinski definition) is 2. The van der Waals surface area contributed by atoms with Crippen LogP contribution in [0.5, 0.6) is 0 Å². The van der Waals surface area contributed by atoms with Crippen molar-refractivity contribution >= 4 is 45.0 Å². The van der Waals surface area contributed by atoms with Gasteiger partial charge < -0.3 is 19.9 Å². The number of thiophene rings is 1. The van der Waals surface area contributed by atoms with E-state index in [0.717, 1.165) is 27.4 Å². The number of halogens is 1. The van der Waals surface area contributed by atoms with Gasteiger partial charge in [-0.1, -0.05) is 11.6 Å². The van der Waals surface area contributed by atoms with Gasteiger partial charge in [-0.3, -0.25) is 9.59 Å². The fourth-order valence-corrected chi connectivity index (χ4v) is 5.25. The molecule has 1 aliphatic heterocycles. The van der Waals surface area contributed by atoms with E-state index >= 15 is 0 Å². The third-order valence-corrected chi connectivity index (χ3v) is 6.77. The average molecular weight is 380 g/mol. The smallest absolute Gasteiger partial charge is 0.271 e. The topological polar surface area (TPSA) is 74.6 Å². The van der Waals surface area contributed by atoms with Crippen molar-refractivity contribution < 1.29 is 14.7 Å². The minimum absolute atomic E-state index is 0.0358. The molecule has 2 amide bonds. The van der Waals surface area contributed by atoms with Crippen LogP contribution in [0.25, 0.3) is 10.2 Å². The van der Waals surface area contributed by atoms with Crippen molar-refractivity contribution in [2.24, 2.45) is 0 Å². The standard InChI is InChI=1S/C17H18ClN3O3S/c18-14-6-11-13(25-14)5-12-16(24)20(8-17(1-2-17)21(11)12)7-15(23)19-9-3-10(22)4-9/h5-6,9-10,22H,1-4,7-8H2,(H,19,23). The van der Waals surface area contributed by atoms with E-state index in [1.54, 1.807) is 4.90 Å². The maximum atomic E-state index is 12.9. The molecule has 0 unspecified atom stereocenters. The highest BCUT2D eigenvalue weighted by molar-refractivity contribution is 7.22. The fraction of sp³-hybridized carbons (Fsp3) is 0.529. The molecule has 2 aromatic heterocycles. The predicted octanol–water partition coefficient (Wildman–Crippen LogP) is 1.94. The molecule has 6 nitrogen and oxygen atoms in total. The molecule has 0 saturated heterocycles. The van der Waals surface area contributed by atoms with Crippen LogP contribution < -0.4 is 5.32 Å². The molecule has 2 saturated carbocycles. The van der Waals surface area contributed by atoms with Crippen molar-refractivity contribution in [3.63, 3.8) is 0 Å². The Kier molecular flexibility index (Phi) is 3.27. The second-order valence-electron chi connectivity index (χ2n) is 7.44. The Hall–Kier alpha value is -1.57. The van der Waals surface area contributed by atoms with Gasteiger partial charge in [-0.05, 0) is 37.8 Å². The fourth-order valence-electron chi connectivity index (χ4n) is 4.10. The summed E-state index contributed by atoms with van der Waals surface area (Å²) in [5.41, 5.74) is 1.61. The van der Waals surface area contributed by atoms with Crippen LogP contribution in [-0.4, -0.2) is 51.6 Å². The molecule has 25 heavy (non-hydrogen) atoms. The summed E-state index contributed by atoms with van der Waals surface area (Å²) in [5.74, 6) is -0.244. The number of fused-ring (bicyclic) bond motifs is 4. The number of rotatable bonds is 3. The normalized spacial score (nSPS) is 26.6. The Morgan fingerprint density at radius 3 is 2.84 bits per heavy atom. The summed E-state index contributed by atoms with van der Waals surface area (Å²) < 4.78 is 3.89. The predicted molar refractivity (Wildman–Crippen MR) is 95.1 cm³/mol. The zero-order valence-electron chi connectivity index (χ0n) is 13.5. The second-order valence-corrected chi connectivity index (χ2v) is 9.16. The van der Waals surface area contributed by atoms with E-state index in [1.807, 2.05) is 12.1 Å². The molecule has 2 aromatic rings. The Morgan fingerprint density at radius 1 is 1.40 bits per heavy atom. The number of hydrogen-bond acceptors (Lipinski definition) is 4. The molecule has 8 heteroatoms. The first-order valence-electron chi connectivity index (χ1n) is 8.53. The number of nitrogens with one attached hydrogen (secondary N) is 1. The third kappa shape index (κ3) is 2.40. The van der Waals surface area contributed by atoms with Gasteiger partial charge in [-0.25, -0.2) is 0 Å². The number of aliphatic hydroxyl groups is 1. The largest absolute Gasteiger partial charge is 0.393 e. The van der Waals surface area contributed by atoms with E-state index in [9.17, 15) is 14.7 Å². The summed E-state index contributed by atoms with van der Waals surface area (Å²) in [6.07, 6.45) is 2.92. The molecule has 2 N–H and O–H groups in total. The van der Waals surface area contributed by atoms with Crippen molar-refractivity contribution in [1.82, 2.24) is 14.8 Å². The molecule has 3 heterocycles. The van der Waals surface area contributed by atoms with E-state index in [1.165, 1.54) is 11.3 Å². The number of aromatic nitrogens is 1. The maximum Gasteiger partial charge on any atom is 0.271 e. The minimum Gasteiger partial charge on any atom is -0.393 e. The van der Waals surface area contributed by atoms with Crippen LogP contribution in [-0.2, 0) is 10.3 Å². The van der Waals surface area contributed by atoms with Crippen molar-refractivity contribution in [3.05, 3.63) is 22.2 Å². The van der Waals surface area contributed by atoms with Gasteiger partial charge in [0.25, 0.3) is 5.91 Å². The Morgan fingerprint density at radius 2 is 2.16 bits per heavy atom. The lowest BCUT2D eigenvalue weighted by Crippen LogP contribution is -2.53. The molecular weight excluding hydrogens is 362 g/mol. The Labute approximate surface area is 153 Å². The molecule has 0 aromatic carbocycles. The van der Waals surface area contributed by atoms with Crippen LogP contribution >= 0.6 is 22.9 Å². The first kappa shape index (κ1) is 15.7. The average Bonchev–Trinajstić information content (AvgIpc) is 3.04. The summed E-state index contributed by atoms with van der Waals surface area (Å²) >= 11 is 7.61. The molecule has 2 aliphatic carbocycles. The summed E-state index contributed by atoms with van der Waals surface area (Å²) in [4.78, 5) is 26.8. The highest BCUT2D eigenvalue weighted by atomic mass is 35.5. The number of aliphatic hydroxyl groups excluding tert-OH is 1. The van der Waals surface area contributed by atoms with E-state index < -0.39 is 0 Å². The summed E-state index contributed by atoms with van der Waals surface area (Å²) in [7, 11) is 0. The van der Waals surface area contributed by atoms with Gasteiger partial charge in [-0.15, -0.1) is 11.3 Å². The zero-order valence-corrected chi connectivity index (χ0v) is 15.1. The summed E-state index contributed by atoms with van der Waals surface area (Å²) in [6.45, 7) is 0.642. The number of amides is 2. The zero-order chi connectivity index (χ0) is 17.3. The third-order valence-electron chi connectivity index (χ3n) is 5.57. The minimum atomic E-state index is -0.306. The van der Waals surface area contributed by atoms with E-state index in [0.29, 0.717) is 25.1 Å².